The van der Waals surface area contributed by atoms with Crippen molar-refractivity contribution in [3.63, 3.8) is 0 Å². The van der Waals surface area contributed by atoms with E-state index in [1.54, 1.807) is 12.1 Å². The van der Waals surface area contributed by atoms with Crippen LogP contribution in [0.1, 0.15) is 5.56 Å². The van der Waals surface area contributed by atoms with Crippen molar-refractivity contribution in [3.05, 3.63) is 48.3 Å². The fourth-order valence-electron chi connectivity index (χ4n) is 2.31. The summed E-state index contributed by atoms with van der Waals surface area (Å²) in [5.74, 6) is 0.498. The zero-order valence-corrected chi connectivity index (χ0v) is 13.4. The molecule has 1 aromatic carbocycles. The van der Waals surface area contributed by atoms with Crippen LogP contribution >= 0.6 is 0 Å². The highest BCUT2D eigenvalue weighted by Gasteiger charge is 2.15. The molecule has 0 amide bonds. The minimum atomic E-state index is -3.49. The SMILES string of the molecule is O=S(=O)(Cc1ccccc1)Nc1cnc(N2CCOCC2)nc1. The van der Waals surface area contributed by atoms with Gasteiger partial charge in [-0.15, -0.1) is 0 Å². The Kier molecular flexibility index (Phi) is 4.73. The number of ether oxygens (including phenoxy) is 1. The molecule has 1 aliphatic heterocycles. The summed E-state index contributed by atoms with van der Waals surface area (Å²) in [6, 6.07) is 9.02. The smallest absolute Gasteiger partial charge is 0.237 e. The van der Waals surface area contributed by atoms with Crippen LogP contribution in [0, 0.1) is 0 Å². The monoisotopic (exact) mass is 334 g/mol. The van der Waals surface area contributed by atoms with Crippen molar-refractivity contribution < 1.29 is 13.2 Å². The van der Waals surface area contributed by atoms with Gasteiger partial charge in [-0.3, -0.25) is 4.72 Å². The second-order valence-electron chi connectivity index (χ2n) is 5.22. The number of hydrogen-bond acceptors (Lipinski definition) is 6. The molecule has 0 bridgehead atoms. The minimum Gasteiger partial charge on any atom is -0.378 e. The number of nitrogens with one attached hydrogen (secondary N) is 1. The molecule has 7 nitrogen and oxygen atoms in total. The average molecular weight is 334 g/mol. The molecule has 0 spiro atoms. The van der Waals surface area contributed by atoms with Gasteiger partial charge in [0.05, 0.1) is 37.0 Å². The van der Waals surface area contributed by atoms with Crippen LogP contribution in [0.3, 0.4) is 0 Å². The lowest BCUT2D eigenvalue weighted by Gasteiger charge is -2.26. The zero-order chi connectivity index (χ0) is 16.1. The van der Waals surface area contributed by atoms with Crippen LogP contribution in [0.4, 0.5) is 11.6 Å². The molecule has 0 radical (unpaired) electrons. The van der Waals surface area contributed by atoms with Crippen molar-refractivity contribution in [1.29, 1.82) is 0 Å². The first kappa shape index (κ1) is 15.7. The van der Waals surface area contributed by atoms with Gasteiger partial charge >= 0.3 is 0 Å². The second kappa shape index (κ2) is 6.93. The third-order valence-corrected chi connectivity index (χ3v) is 4.67. The van der Waals surface area contributed by atoms with Gasteiger partial charge in [-0.05, 0) is 5.56 Å². The standard InChI is InChI=1S/C15H18N4O3S/c20-23(21,12-13-4-2-1-3-5-13)18-14-10-16-15(17-11-14)19-6-8-22-9-7-19/h1-5,10-11,18H,6-9,12H2. The van der Waals surface area contributed by atoms with E-state index in [2.05, 4.69) is 14.7 Å². The van der Waals surface area contributed by atoms with Crippen molar-refractivity contribution in [2.24, 2.45) is 0 Å². The van der Waals surface area contributed by atoms with E-state index in [4.69, 9.17) is 4.74 Å². The van der Waals surface area contributed by atoms with Crippen LogP contribution in [-0.2, 0) is 20.5 Å². The molecular weight excluding hydrogens is 316 g/mol. The Morgan fingerprint density at radius 3 is 2.39 bits per heavy atom. The number of anilines is 2. The van der Waals surface area contributed by atoms with E-state index >= 15 is 0 Å². The van der Waals surface area contributed by atoms with Crippen LogP contribution in [-0.4, -0.2) is 44.7 Å². The number of aromatic nitrogens is 2. The van der Waals surface area contributed by atoms with Gasteiger partial charge in [-0.25, -0.2) is 18.4 Å². The summed E-state index contributed by atoms with van der Waals surface area (Å²) in [7, 11) is -3.49. The molecule has 0 atom stereocenters. The molecule has 1 fully saturated rings. The summed E-state index contributed by atoms with van der Waals surface area (Å²) < 4.78 is 32.1. The highest BCUT2D eigenvalue weighted by atomic mass is 32.2. The van der Waals surface area contributed by atoms with Gasteiger partial charge in [0.1, 0.15) is 0 Å². The third kappa shape index (κ3) is 4.40. The van der Waals surface area contributed by atoms with Gasteiger partial charge in [0.15, 0.2) is 0 Å². The Hall–Kier alpha value is -2.19. The average Bonchev–Trinajstić information content (AvgIpc) is 2.56. The fourth-order valence-corrected chi connectivity index (χ4v) is 3.48. The molecule has 23 heavy (non-hydrogen) atoms. The van der Waals surface area contributed by atoms with Gasteiger partial charge in [0.25, 0.3) is 0 Å². The van der Waals surface area contributed by atoms with E-state index in [1.165, 1.54) is 12.4 Å². The highest BCUT2D eigenvalue weighted by molar-refractivity contribution is 7.91. The molecular formula is C15H18N4O3S. The van der Waals surface area contributed by atoms with Crippen LogP contribution in [0.5, 0.6) is 0 Å². The predicted molar refractivity (Wildman–Crippen MR) is 87.8 cm³/mol. The summed E-state index contributed by atoms with van der Waals surface area (Å²) >= 11 is 0. The number of hydrogen-bond donors (Lipinski definition) is 1. The fraction of sp³-hybridized carbons (Fsp3) is 0.333. The molecule has 2 aromatic rings. The summed E-state index contributed by atoms with van der Waals surface area (Å²) in [5, 5.41) is 0. The molecule has 0 aliphatic carbocycles. The highest BCUT2D eigenvalue weighted by Crippen LogP contribution is 2.14. The summed E-state index contributed by atoms with van der Waals surface area (Å²) in [4.78, 5) is 10.5. The van der Waals surface area contributed by atoms with Crippen LogP contribution in [0.15, 0.2) is 42.7 Å². The lowest BCUT2D eigenvalue weighted by Crippen LogP contribution is -2.37. The molecule has 0 unspecified atom stereocenters. The van der Waals surface area contributed by atoms with Crippen molar-refractivity contribution in [3.8, 4) is 0 Å². The minimum absolute atomic E-state index is 0.0843. The maximum absolute atomic E-state index is 12.2. The Bertz CT molecular complexity index is 729. The normalized spacial score (nSPS) is 15.4. The Morgan fingerprint density at radius 1 is 1.09 bits per heavy atom. The first-order chi connectivity index (χ1) is 11.1. The number of nitrogens with zero attached hydrogens (tertiary/aromatic N) is 3. The number of rotatable bonds is 5. The lowest BCUT2D eigenvalue weighted by atomic mass is 10.2. The van der Waals surface area contributed by atoms with Crippen molar-refractivity contribution >= 4 is 21.7 Å². The maximum atomic E-state index is 12.2. The molecule has 1 aliphatic rings. The molecule has 1 aromatic heterocycles. The van der Waals surface area contributed by atoms with Gasteiger partial charge in [-0.2, -0.15) is 0 Å². The summed E-state index contributed by atoms with van der Waals surface area (Å²) in [5.41, 5.74) is 1.09. The number of morpholine rings is 1. The lowest BCUT2D eigenvalue weighted by molar-refractivity contribution is 0.122. The molecule has 0 saturated carbocycles. The number of sulfonamides is 1. The van der Waals surface area contributed by atoms with E-state index in [9.17, 15) is 8.42 Å². The van der Waals surface area contributed by atoms with Crippen molar-refractivity contribution in [2.45, 2.75) is 5.75 Å². The second-order valence-corrected chi connectivity index (χ2v) is 6.94. The number of benzene rings is 1. The van der Waals surface area contributed by atoms with E-state index in [-0.39, 0.29) is 5.75 Å². The van der Waals surface area contributed by atoms with Gasteiger partial charge in [0.2, 0.25) is 16.0 Å². The Balaban J connectivity index is 1.65. The molecule has 3 rings (SSSR count). The molecule has 1 saturated heterocycles. The third-order valence-electron chi connectivity index (χ3n) is 3.41. The quantitative estimate of drug-likeness (QED) is 0.886. The van der Waals surface area contributed by atoms with Crippen LogP contribution in [0.2, 0.25) is 0 Å². The maximum Gasteiger partial charge on any atom is 0.237 e. The largest absolute Gasteiger partial charge is 0.378 e. The van der Waals surface area contributed by atoms with Gasteiger partial charge in [-0.1, -0.05) is 30.3 Å². The van der Waals surface area contributed by atoms with Crippen molar-refractivity contribution in [2.75, 3.05) is 35.9 Å². The predicted octanol–water partition coefficient (Wildman–Crippen LogP) is 1.26. The van der Waals surface area contributed by atoms with Gasteiger partial charge < -0.3 is 9.64 Å². The molecule has 8 heteroatoms. The van der Waals surface area contributed by atoms with Gasteiger partial charge in [0, 0.05) is 13.1 Å². The first-order valence-corrected chi connectivity index (χ1v) is 8.97. The Morgan fingerprint density at radius 2 is 1.74 bits per heavy atom. The van der Waals surface area contributed by atoms with E-state index in [1.807, 2.05) is 23.1 Å². The first-order valence-electron chi connectivity index (χ1n) is 7.31. The van der Waals surface area contributed by atoms with E-state index in [0.29, 0.717) is 24.8 Å². The zero-order valence-electron chi connectivity index (χ0n) is 12.6. The van der Waals surface area contributed by atoms with E-state index < -0.39 is 10.0 Å². The molecule has 122 valence electrons. The van der Waals surface area contributed by atoms with E-state index in [0.717, 1.165) is 18.7 Å². The Labute approximate surface area is 135 Å². The summed E-state index contributed by atoms with van der Waals surface area (Å²) in [6.45, 7) is 2.77. The molecule has 1 N–H and O–H groups in total. The topological polar surface area (TPSA) is 84.4 Å². The van der Waals surface area contributed by atoms with Crippen molar-refractivity contribution in [1.82, 2.24) is 9.97 Å². The summed E-state index contributed by atoms with van der Waals surface area (Å²) in [6.07, 6.45) is 2.97. The van der Waals surface area contributed by atoms with Crippen LogP contribution in [0.25, 0.3) is 0 Å². The van der Waals surface area contributed by atoms with Crippen LogP contribution < -0.4 is 9.62 Å². The molecule has 2 heterocycles.